The van der Waals surface area contributed by atoms with E-state index in [9.17, 15) is 17.6 Å². The maximum Gasteiger partial charge on any atom is 0.203 e. The first-order valence-electron chi connectivity index (χ1n) is 5.67. The van der Waals surface area contributed by atoms with Crippen LogP contribution in [0.2, 0.25) is 0 Å². The second-order valence-corrected chi connectivity index (χ2v) is 4.86. The largest absolute Gasteiger partial charge is 0.482 e. The van der Waals surface area contributed by atoms with E-state index < -0.39 is 29.0 Å². The van der Waals surface area contributed by atoms with Gasteiger partial charge in [0.1, 0.15) is 6.61 Å². The Hall–Kier alpha value is -1.83. The molecule has 0 bridgehead atoms. The molecule has 2 aromatic rings. The fraction of sp³-hybridized carbons (Fsp3) is 0.250. The van der Waals surface area contributed by atoms with Gasteiger partial charge in [0.15, 0.2) is 22.5 Å². The van der Waals surface area contributed by atoms with Crippen molar-refractivity contribution in [1.29, 1.82) is 0 Å². The topological polar surface area (TPSA) is 34.2 Å². The number of halogens is 4. The Morgan fingerprint density at radius 3 is 2.45 bits per heavy atom. The van der Waals surface area contributed by atoms with Crippen LogP contribution in [-0.4, -0.2) is 11.5 Å². The van der Waals surface area contributed by atoms with Gasteiger partial charge in [0, 0.05) is 18.8 Å². The molecule has 0 radical (unpaired) electrons. The lowest BCUT2D eigenvalue weighted by atomic mass is 10.3. The molecule has 0 fully saturated rings. The molecule has 3 nitrogen and oxygen atoms in total. The average molecular weight is 306 g/mol. The normalized spacial score (nSPS) is 10.7. The van der Waals surface area contributed by atoms with E-state index in [-0.39, 0.29) is 12.7 Å². The van der Waals surface area contributed by atoms with Gasteiger partial charge in [0.25, 0.3) is 0 Å². The minimum Gasteiger partial charge on any atom is -0.482 e. The minimum atomic E-state index is -1.56. The Balaban J connectivity index is 2.14. The standard InChI is InChI=1S/C12H10F4N2OS/c1-2-17-12-18-4-6(20-12)5-19-11-9(15)7(13)3-8(14)10(11)16/h3-4H,2,5H2,1H3,(H,17,18). The van der Waals surface area contributed by atoms with Crippen LogP contribution in [-0.2, 0) is 6.61 Å². The van der Waals surface area contributed by atoms with Crippen LogP contribution in [0.4, 0.5) is 22.7 Å². The van der Waals surface area contributed by atoms with Crippen LogP contribution in [0.3, 0.4) is 0 Å². The second-order valence-electron chi connectivity index (χ2n) is 3.75. The van der Waals surface area contributed by atoms with E-state index in [0.29, 0.717) is 16.6 Å². The van der Waals surface area contributed by atoms with Crippen LogP contribution < -0.4 is 10.1 Å². The summed E-state index contributed by atoms with van der Waals surface area (Å²) in [4.78, 5) is 4.55. The molecule has 0 aliphatic rings. The number of nitrogens with zero attached hydrogens (tertiary/aromatic N) is 1. The van der Waals surface area contributed by atoms with E-state index in [1.807, 2.05) is 6.92 Å². The monoisotopic (exact) mass is 306 g/mol. The van der Waals surface area contributed by atoms with Crippen LogP contribution in [0.25, 0.3) is 0 Å². The van der Waals surface area contributed by atoms with Gasteiger partial charge in [-0.05, 0) is 6.92 Å². The zero-order valence-electron chi connectivity index (χ0n) is 10.3. The van der Waals surface area contributed by atoms with Gasteiger partial charge >= 0.3 is 0 Å². The van der Waals surface area contributed by atoms with Gasteiger partial charge in [-0.15, -0.1) is 0 Å². The lowest BCUT2D eigenvalue weighted by molar-refractivity contribution is 0.264. The SMILES string of the molecule is CCNc1ncc(COc2c(F)c(F)cc(F)c2F)s1. The molecule has 0 aliphatic heterocycles. The van der Waals surface area contributed by atoms with E-state index in [1.54, 1.807) is 0 Å². The summed E-state index contributed by atoms with van der Waals surface area (Å²) in [6, 6.07) is 0.132. The zero-order chi connectivity index (χ0) is 14.7. The first-order valence-corrected chi connectivity index (χ1v) is 6.49. The van der Waals surface area contributed by atoms with E-state index in [2.05, 4.69) is 10.3 Å². The molecular formula is C12H10F4N2OS. The van der Waals surface area contributed by atoms with Gasteiger partial charge in [-0.3, -0.25) is 0 Å². The molecule has 0 saturated heterocycles. The lowest BCUT2D eigenvalue weighted by Crippen LogP contribution is -2.03. The number of hydrogen-bond acceptors (Lipinski definition) is 4. The Bertz CT molecular complexity index is 591. The summed E-state index contributed by atoms with van der Waals surface area (Å²) < 4.78 is 57.4. The molecule has 0 aliphatic carbocycles. The first-order chi connectivity index (χ1) is 9.52. The van der Waals surface area contributed by atoms with Gasteiger partial charge in [0.05, 0.1) is 4.88 Å². The molecule has 1 aromatic carbocycles. The smallest absolute Gasteiger partial charge is 0.203 e. The first kappa shape index (κ1) is 14.6. The molecule has 1 N–H and O–H groups in total. The molecule has 0 atom stereocenters. The number of anilines is 1. The summed E-state index contributed by atoms with van der Waals surface area (Å²) in [6.45, 7) is 2.32. The third-order valence-electron chi connectivity index (χ3n) is 2.31. The van der Waals surface area contributed by atoms with Gasteiger partial charge in [-0.25, -0.2) is 13.8 Å². The average Bonchev–Trinajstić information content (AvgIpc) is 2.85. The molecule has 0 saturated carbocycles. The van der Waals surface area contributed by atoms with Gasteiger partial charge in [-0.2, -0.15) is 8.78 Å². The Kier molecular flexibility index (Phi) is 4.43. The van der Waals surface area contributed by atoms with Crippen LogP contribution in [0.5, 0.6) is 5.75 Å². The predicted octanol–water partition coefficient (Wildman–Crippen LogP) is 3.71. The van der Waals surface area contributed by atoms with Crippen LogP contribution >= 0.6 is 11.3 Å². The number of rotatable bonds is 5. The third-order valence-corrected chi connectivity index (χ3v) is 3.24. The van der Waals surface area contributed by atoms with Gasteiger partial charge < -0.3 is 10.1 Å². The minimum absolute atomic E-state index is 0.132. The van der Waals surface area contributed by atoms with Crippen molar-refractivity contribution in [1.82, 2.24) is 4.98 Å². The maximum atomic E-state index is 13.3. The molecule has 20 heavy (non-hydrogen) atoms. The summed E-state index contributed by atoms with van der Waals surface area (Å²) in [6.07, 6.45) is 1.45. The lowest BCUT2D eigenvalue weighted by Gasteiger charge is -2.08. The number of nitrogens with one attached hydrogen (secondary N) is 1. The van der Waals surface area contributed by atoms with E-state index >= 15 is 0 Å². The van der Waals surface area contributed by atoms with E-state index in [1.165, 1.54) is 17.5 Å². The molecule has 2 rings (SSSR count). The van der Waals surface area contributed by atoms with E-state index in [0.717, 1.165) is 0 Å². The summed E-state index contributed by atoms with van der Waals surface area (Å²) >= 11 is 1.22. The van der Waals surface area contributed by atoms with Gasteiger partial charge in [-0.1, -0.05) is 11.3 Å². The van der Waals surface area contributed by atoms with Crippen molar-refractivity contribution in [2.24, 2.45) is 0 Å². The highest BCUT2D eigenvalue weighted by Crippen LogP contribution is 2.28. The molecule has 0 amide bonds. The van der Waals surface area contributed by atoms with Crippen molar-refractivity contribution >= 4 is 16.5 Å². The van der Waals surface area contributed by atoms with Crippen LogP contribution in [0, 0.1) is 23.3 Å². The predicted molar refractivity (Wildman–Crippen MR) is 66.9 cm³/mol. The van der Waals surface area contributed by atoms with Crippen molar-refractivity contribution in [3.8, 4) is 5.75 Å². The zero-order valence-corrected chi connectivity index (χ0v) is 11.2. The quantitative estimate of drug-likeness (QED) is 0.675. The highest BCUT2D eigenvalue weighted by atomic mass is 32.1. The molecule has 108 valence electrons. The summed E-state index contributed by atoms with van der Waals surface area (Å²) in [5.74, 6) is -7.19. The molecule has 1 aromatic heterocycles. The fourth-order valence-corrected chi connectivity index (χ4v) is 2.22. The number of hydrogen-bond donors (Lipinski definition) is 1. The second kappa shape index (κ2) is 6.08. The molecule has 8 heteroatoms. The van der Waals surface area contributed by atoms with Crippen molar-refractivity contribution in [3.05, 3.63) is 40.4 Å². The van der Waals surface area contributed by atoms with Crippen LogP contribution in [0.15, 0.2) is 12.3 Å². The van der Waals surface area contributed by atoms with Crippen molar-refractivity contribution in [2.45, 2.75) is 13.5 Å². The maximum absolute atomic E-state index is 13.3. The summed E-state index contributed by atoms with van der Waals surface area (Å²) in [5.41, 5.74) is 0. The van der Waals surface area contributed by atoms with Gasteiger partial charge in [0.2, 0.25) is 11.6 Å². The number of ether oxygens (including phenoxy) is 1. The summed E-state index contributed by atoms with van der Waals surface area (Å²) in [7, 11) is 0. The van der Waals surface area contributed by atoms with Crippen molar-refractivity contribution in [3.63, 3.8) is 0 Å². The Morgan fingerprint density at radius 2 is 1.85 bits per heavy atom. The van der Waals surface area contributed by atoms with Crippen molar-refractivity contribution < 1.29 is 22.3 Å². The highest BCUT2D eigenvalue weighted by molar-refractivity contribution is 7.15. The fourth-order valence-electron chi connectivity index (χ4n) is 1.43. The van der Waals surface area contributed by atoms with Crippen molar-refractivity contribution in [2.75, 3.05) is 11.9 Å². The van der Waals surface area contributed by atoms with Crippen LogP contribution in [0.1, 0.15) is 11.8 Å². The molecule has 0 unspecified atom stereocenters. The number of aromatic nitrogens is 1. The number of thiazole rings is 1. The molecular weight excluding hydrogens is 296 g/mol. The van der Waals surface area contributed by atoms with E-state index in [4.69, 9.17) is 4.74 Å². The highest BCUT2D eigenvalue weighted by Gasteiger charge is 2.20. The third kappa shape index (κ3) is 3.01. The Labute approximate surface area is 116 Å². The number of benzene rings is 1. The Morgan fingerprint density at radius 1 is 1.20 bits per heavy atom. The molecule has 1 heterocycles. The summed E-state index contributed by atoms with van der Waals surface area (Å²) in [5, 5.41) is 3.57. The molecule has 0 spiro atoms.